The normalized spacial score (nSPS) is 13.8. The fourth-order valence-corrected chi connectivity index (χ4v) is 2.39. The summed E-state index contributed by atoms with van der Waals surface area (Å²) in [5, 5.41) is 11.5. The van der Waals surface area contributed by atoms with E-state index in [1.165, 1.54) is 0 Å². The van der Waals surface area contributed by atoms with E-state index in [4.69, 9.17) is 10.8 Å². The molecule has 2 unspecified atom stereocenters. The summed E-state index contributed by atoms with van der Waals surface area (Å²) in [5.41, 5.74) is 5.58. The lowest BCUT2D eigenvalue weighted by atomic mass is 9.94. The Hall–Kier alpha value is -1.10. The van der Waals surface area contributed by atoms with Gasteiger partial charge in [-0.25, -0.2) is 0 Å². The van der Waals surface area contributed by atoms with Crippen LogP contribution in [0.1, 0.15) is 65.2 Å². The molecule has 1 amide bonds. The molecule has 5 nitrogen and oxygen atoms in total. The van der Waals surface area contributed by atoms with Crippen LogP contribution in [0.2, 0.25) is 0 Å². The molecule has 20 heavy (non-hydrogen) atoms. The van der Waals surface area contributed by atoms with Crippen molar-refractivity contribution in [3.63, 3.8) is 0 Å². The Morgan fingerprint density at radius 1 is 1.15 bits per heavy atom. The minimum Gasteiger partial charge on any atom is -0.481 e. The Kier molecular flexibility index (Phi) is 11.1. The summed E-state index contributed by atoms with van der Waals surface area (Å²) >= 11 is 0. The van der Waals surface area contributed by atoms with Crippen molar-refractivity contribution in [2.45, 2.75) is 71.3 Å². The number of hydrogen-bond acceptors (Lipinski definition) is 3. The predicted octanol–water partition coefficient (Wildman–Crippen LogP) is 2.29. The largest absolute Gasteiger partial charge is 0.481 e. The van der Waals surface area contributed by atoms with Crippen molar-refractivity contribution in [2.75, 3.05) is 6.54 Å². The van der Waals surface area contributed by atoms with Gasteiger partial charge < -0.3 is 16.2 Å². The second kappa shape index (κ2) is 11.7. The van der Waals surface area contributed by atoms with Crippen LogP contribution in [0.3, 0.4) is 0 Å². The van der Waals surface area contributed by atoms with Gasteiger partial charge in [-0.2, -0.15) is 0 Å². The highest BCUT2D eigenvalue weighted by atomic mass is 16.4. The van der Waals surface area contributed by atoms with Gasteiger partial charge in [-0.15, -0.1) is 0 Å². The highest BCUT2D eigenvalue weighted by molar-refractivity contribution is 5.76. The molecule has 0 spiro atoms. The molecule has 0 radical (unpaired) electrons. The van der Waals surface area contributed by atoms with E-state index >= 15 is 0 Å². The molecule has 0 rings (SSSR count). The number of amides is 1. The molecule has 0 heterocycles. The van der Waals surface area contributed by atoms with E-state index in [2.05, 4.69) is 12.2 Å². The van der Waals surface area contributed by atoms with Gasteiger partial charge in [-0.05, 0) is 45.1 Å². The van der Waals surface area contributed by atoms with Crippen molar-refractivity contribution < 1.29 is 14.7 Å². The summed E-state index contributed by atoms with van der Waals surface area (Å²) in [6.07, 6.45) is 6.12. The van der Waals surface area contributed by atoms with Gasteiger partial charge in [-0.1, -0.05) is 19.8 Å². The number of aliphatic carboxylic acids is 1. The molecule has 0 aliphatic carbocycles. The van der Waals surface area contributed by atoms with Crippen LogP contribution in [-0.4, -0.2) is 29.6 Å². The fourth-order valence-electron chi connectivity index (χ4n) is 2.39. The number of carbonyl (C=O) groups is 2. The van der Waals surface area contributed by atoms with Gasteiger partial charge in [0.25, 0.3) is 0 Å². The monoisotopic (exact) mass is 286 g/mol. The minimum absolute atomic E-state index is 0.0426. The first-order valence-electron chi connectivity index (χ1n) is 7.70. The van der Waals surface area contributed by atoms with Crippen LogP contribution in [0.5, 0.6) is 0 Å². The van der Waals surface area contributed by atoms with Gasteiger partial charge in [0, 0.05) is 18.9 Å². The van der Waals surface area contributed by atoms with Crippen LogP contribution in [-0.2, 0) is 9.59 Å². The Balaban J connectivity index is 3.82. The Bertz CT molecular complexity index is 276. The number of rotatable bonds is 12. The van der Waals surface area contributed by atoms with E-state index in [0.717, 1.165) is 25.7 Å². The second-order valence-electron chi connectivity index (χ2n) is 5.53. The molecule has 0 saturated heterocycles. The number of carbonyl (C=O) groups excluding carboxylic acids is 1. The molecule has 0 aromatic carbocycles. The molecule has 118 valence electrons. The van der Waals surface area contributed by atoms with Crippen LogP contribution in [0.15, 0.2) is 0 Å². The molecule has 0 fully saturated rings. The molecular formula is C15H30N2O3. The van der Waals surface area contributed by atoms with E-state index in [1.807, 2.05) is 6.92 Å². The lowest BCUT2D eigenvalue weighted by Crippen LogP contribution is -2.32. The quantitative estimate of drug-likeness (QED) is 0.513. The van der Waals surface area contributed by atoms with Gasteiger partial charge in [-0.3, -0.25) is 9.59 Å². The van der Waals surface area contributed by atoms with Crippen molar-refractivity contribution in [2.24, 2.45) is 11.7 Å². The van der Waals surface area contributed by atoms with Crippen molar-refractivity contribution in [1.29, 1.82) is 0 Å². The van der Waals surface area contributed by atoms with Gasteiger partial charge in [0.1, 0.15) is 0 Å². The molecule has 0 aromatic heterocycles. The predicted molar refractivity (Wildman–Crippen MR) is 80.4 cm³/mol. The summed E-state index contributed by atoms with van der Waals surface area (Å²) in [7, 11) is 0. The average Bonchev–Trinajstić information content (AvgIpc) is 2.36. The lowest BCUT2D eigenvalue weighted by Gasteiger charge is -2.17. The smallest absolute Gasteiger partial charge is 0.303 e. The third-order valence-electron chi connectivity index (χ3n) is 3.49. The maximum Gasteiger partial charge on any atom is 0.303 e. The fraction of sp³-hybridized carbons (Fsp3) is 0.867. The van der Waals surface area contributed by atoms with Crippen molar-refractivity contribution in [3.05, 3.63) is 0 Å². The topological polar surface area (TPSA) is 92.4 Å². The first-order chi connectivity index (χ1) is 9.49. The molecule has 0 aromatic rings. The summed E-state index contributed by atoms with van der Waals surface area (Å²) < 4.78 is 0. The summed E-state index contributed by atoms with van der Waals surface area (Å²) in [6.45, 7) is 4.75. The van der Waals surface area contributed by atoms with Gasteiger partial charge in [0.05, 0.1) is 0 Å². The molecule has 0 saturated carbocycles. The van der Waals surface area contributed by atoms with Gasteiger partial charge in [0.15, 0.2) is 0 Å². The van der Waals surface area contributed by atoms with E-state index in [9.17, 15) is 9.59 Å². The number of carboxylic acids is 1. The first-order valence-corrected chi connectivity index (χ1v) is 7.70. The highest BCUT2D eigenvalue weighted by Gasteiger charge is 2.12. The molecular weight excluding hydrogens is 256 g/mol. The minimum atomic E-state index is -0.785. The Morgan fingerprint density at radius 3 is 2.40 bits per heavy atom. The van der Waals surface area contributed by atoms with Crippen molar-refractivity contribution >= 4 is 11.9 Å². The summed E-state index contributed by atoms with van der Waals surface area (Å²) in [5.74, 6) is -0.184. The number of hydrogen-bond donors (Lipinski definition) is 3. The van der Waals surface area contributed by atoms with Crippen LogP contribution in [0.4, 0.5) is 0 Å². The van der Waals surface area contributed by atoms with Crippen molar-refractivity contribution in [3.8, 4) is 0 Å². The maximum absolute atomic E-state index is 11.8. The second-order valence-corrected chi connectivity index (χ2v) is 5.53. The Morgan fingerprint density at radius 2 is 1.85 bits per heavy atom. The third kappa shape index (κ3) is 10.8. The molecule has 5 heteroatoms. The summed E-state index contributed by atoms with van der Waals surface area (Å²) in [4.78, 5) is 22.2. The first kappa shape index (κ1) is 18.9. The lowest BCUT2D eigenvalue weighted by molar-refractivity contribution is -0.137. The molecule has 0 bridgehead atoms. The summed E-state index contributed by atoms with van der Waals surface area (Å²) in [6, 6.07) is 0.0426. The van der Waals surface area contributed by atoms with E-state index in [1.54, 1.807) is 0 Å². The van der Waals surface area contributed by atoms with Crippen LogP contribution in [0.25, 0.3) is 0 Å². The zero-order valence-corrected chi connectivity index (χ0v) is 12.9. The van der Waals surface area contributed by atoms with Gasteiger partial charge >= 0.3 is 5.97 Å². The number of carboxylic acid groups (broad SMARTS) is 1. The number of nitrogens with one attached hydrogen (secondary N) is 1. The average molecular weight is 286 g/mol. The van der Waals surface area contributed by atoms with E-state index in [-0.39, 0.29) is 18.4 Å². The third-order valence-corrected chi connectivity index (χ3v) is 3.49. The van der Waals surface area contributed by atoms with Crippen LogP contribution >= 0.6 is 0 Å². The molecule has 4 N–H and O–H groups in total. The zero-order chi connectivity index (χ0) is 15.4. The van der Waals surface area contributed by atoms with E-state index in [0.29, 0.717) is 31.7 Å². The number of nitrogens with two attached hydrogens (primary N) is 1. The maximum atomic E-state index is 11.8. The van der Waals surface area contributed by atoms with Crippen LogP contribution in [0, 0.1) is 5.92 Å². The molecule has 0 aliphatic heterocycles. The van der Waals surface area contributed by atoms with Gasteiger partial charge in [0.2, 0.25) is 5.91 Å². The Labute approximate surface area is 122 Å². The van der Waals surface area contributed by atoms with E-state index < -0.39 is 5.97 Å². The highest BCUT2D eigenvalue weighted by Crippen LogP contribution is 2.16. The van der Waals surface area contributed by atoms with Crippen molar-refractivity contribution in [1.82, 2.24) is 5.32 Å². The van der Waals surface area contributed by atoms with Crippen LogP contribution < -0.4 is 11.1 Å². The molecule has 2 atom stereocenters. The zero-order valence-electron chi connectivity index (χ0n) is 12.9. The SMILES string of the molecule is CCCC(CCN)CCC(=O)NC(C)CCCC(=O)O. The standard InChI is InChI=1S/C15H30N2O3/c1-3-5-13(10-11-16)8-9-14(18)17-12(2)6-4-7-15(19)20/h12-13H,3-11,16H2,1-2H3,(H,17,18)(H,19,20). The molecule has 0 aliphatic rings.